The predicted octanol–water partition coefficient (Wildman–Crippen LogP) is 2.77. The van der Waals surface area contributed by atoms with E-state index in [1.165, 1.54) is 5.56 Å². The molecule has 114 valence electrons. The fourth-order valence-electron chi connectivity index (χ4n) is 3.83. The number of piperidine rings is 1. The molecule has 0 aromatic heterocycles. The zero-order valence-corrected chi connectivity index (χ0v) is 12.6. The van der Waals surface area contributed by atoms with E-state index in [4.69, 9.17) is 0 Å². The molecule has 1 saturated carbocycles. The van der Waals surface area contributed by atoms with Crippen molar-refractivity contribution in [3.8, 4) is 0 Å². The van der Waals surface area contributed by atoms with Gasteiger partial charge in [0.25, 0.3) is 0 Å². The molecule has 3 heteroatoms. The molecule has 1 N–H and O–H groups in total. The first-order valence-corrected chi connectivity index (χ1v) is 8.16. The second-order valence-corrected chi connectivity index (χ2v) is 6.68. The van der Waals surface area contributed by atoms with Gasteiger partial charge in [0.15, 0.2) is 0 Å². The SMILES string of the molecule is O=C1CCC(C2(O)CCN(Cc3ccccc3)CC2)CC1. The summed E-state index contributed by atoms with van der Waals surface area (Å²) in [5, 5.41) is 10.9. The molecule has 0 amide bonds. The van der Waals surface area contributed by atoms with Gasteiger partial charge in [0.05, 0.1) is 5.60 Å². The van der Waals surface area contributed by atoms with E-state index in [2.05, 4.69) is 29.2 Å². The monoisotopic (exact) mass is 287 g/mol. The highest BCUT2D eigenvalue weighted by Crippen LogP contribution is 2.38. The Morgan fingerprint density at radius 2 is 1.71 bits per heavy atom. The summed E-state index contributed by atoms with van der Waals surface area (Å²) >= 11 is 0. The summed E-state index contributed by atoms with van der Waals surface area (Å²) in [6.07, 6.45) is 4.79. The number of Topliss-reactive ketones (excluding diaryl/α,β-unsaturated/α-hetero) is 1. The van der Waals surface area contributed by atoms with Crippen LogP contribution < -0.4 is 0 Å². The van der Waals surface area contributed by atoms with E-state index in [-0.39, 0.29) is 0 Å². The number of ketones is 1. The number of aliphatic hydroxyl groups is 1. The van der Waals surface area contributed by atoms with Crippen LogP contribution in [-0.2, 0) is 11.3 Å². The first-order valence-electron chi connectivity index (χ1n) is 8.16. The highest BCUT2D eigenvalue weighted by molar-refractivity contribution is 5.79. The van der Waals surface area contributed by atoms with E-state index in [1.54, 1.807) is 0 Å². The largest absolute Gasteiger partial charge is 0.390 e. The van der Waals surface area contributed by atoms with Crippen LogP contribution in [-0.4, -0.2) is 34.5 Å². The van der Waals surface area contributed by atoms with Gasteiger partial charge in [-0.25, -0.2) is 0 Å². The zero-order chi connectivity index (χ0) is 14.7. The minimum atomic E-state index is -0.534. The number of carbonyl (C=O) groups excluding carboxylic acids is 1. The molecule has 21 heavy (non-hydrogen) atoms. The maximum atomic E-state index is 11.4. The average Bonchev–Trinajstić information content (AvgIpc) is 2.51. The Morgan fingerprint density at radius 1 is 1.10 bits per heavy atom. The number of rotatable bonds is 3. The number of likely N-dealkylation sites (tertiary alicyclic amines) is 1. The maximum absolute atomic E-state index is 11.4. The number of hydrogen-bond donors (Lipinski definition) is 1. The third kappa shape index (κ3) is 3.53. The van der Waals surface area contributed by atoms with Crippen LogP contribution in [0.25, 0.3) is 0 Å². The Balaban J connectivity index is 1.53. The quantitative estimate of drug-likeness (QED) is 0.929. The van der Waals surface area contributed by atoms with Gasteiger partial charge < -0.3 is 5.11 Å². The van der Waals surface area contributed by atoms with Gasteiger partial charge >= 0.3 is 0 Å². The molecule has 0 radical (unpaired) electrons. The molecule has 1 aromatic carbocycles. The van der Waals surface area contributed by atoms with E-state index in [0.717, 1.165) is 45.3 Å². The highest BCUT2D eigenvalue weighted by atomic mass is 16.3. The smallest absolute Gasteiger partial charge is 0.132 e. The molecule has 1 saturated heterocycles. The van der Waals surface area contributed by atoms with Gasteiger partial charge in [-0.1, -0.05) is 30.3 Å². The lowest BCUT2D eigenvalue weighted by molar-refractivity contribution is -0.125. The van der Waals surface area contributed by atoms with Crippen LogP contribution in [0.4, 0.5) is 0 Å². The number of nitrogens with zero attached hydrogens (tertiary/aromatic N) is 1. The minimum Gasteiger partial charge on any atom is -0.390 e. The van der Waals surface area contributed by atoms with Gasteiger partial charge in [0.1, 0.15) is 5.78 Å². The van der Waals surface area contributed by atoms with Crippen LogP contribution in [0.5, 0.6) is 0 Å². The summed E-state index contributed by atoms with van der Waals surface area (Å²) in [5.74, 6) is 0.699. The van der Waals surface area contributed by atoms with Crippen LogP contribution in [0.2, 0.25) is 0 Å². The van der Waals surface area contributed by atoms with Crippen LogP contribution in [0.15, 0.2) is 30.3 Å². The van der Waals surface area contributed by atoms with Gasteiger partial charge in [-0.15, -0.1) is 0 Å². The molecule has 2 fully saturated rings. The molecule has 0 bridgehead atoms. The molecule has 0 spiro atoms. The van der Waals surface area contributed by atoms with Crippen LogP contribution in [0.3, 0.4) is 0 Å². The first-order chi connectivity index (χ1) is 10.2. The highest BCUT2D eigenvalue weighted by Gasteiger charge is 2.40. The molecule has 0 atom stereocenters. The standard InChI is InChI=1S/C18H25NO2/c20-17-8-6-16(7-9-17)18(21)10-12-19(13-11-18)14-15-4-2-1-3-5-15/h1-5,16,21H,6-14H2. The van der Waals surface area contributed by atoms with Crippen molar-refractivity contribution in [1.29, 1.82) is 0 Å². The van der Waals surface area contributed by atoms with Crippen molar-refractivity contribution in [2.45, 2.75) is 50.7 Å². The fraction of sp³-hybridized carbons (Fsp3) is 0.611. The normalized spacial score (nSPS) is 24.1. The van der Waals surface area contributed by atoms with E-state index in [0.29, 0.717) is 24.5 Å². The molecule has 1 aliphatic carbocycles. The Kier molecular flexibility index (Phi) is 4.41. The fourth-order valence-corrected chi connectivity index (χ4v) is 3.83. The second-order valence-electron chi connectivity index (χ2n) is 6.68. The summed E-state index contributed by atoms with van der Waals surface area (Å²) in [6, 6.07) is 10.5. The summed E-state index contributed by atoms with van der Waals surface area (Å²) in [5.41, 5.74) is 0.805. The predicted molar refractivity (Wildman–Crippen MR) is 82.9 cm³/mol. The number of carbonyl (C=O) groups is 1. The van der Waals surface area contributed by atoms with Gasteiger partial charge in [-0.3, -0.25) is 9.69 Å². The molecule has 1 aromatic rings. The molecule has 1 heterocycles. The molecular weight excluding hydrogens is 262 g/mol. The Morgan fingerprint density at radius 3 is 2.33 bits per heavy atom. The Labute approximate surface area is 127 Å². The minimum absolute atomic E-state index is 0.328. The van der Waals surface area contributed by atoms with Crippen LogP contribution >= 0.6 is 0 Å². The number of hydrogen-bond acceptors (Lipinski definition) is 3. The van der Waals surface area contributed by atoms with E-state index < -0.39 is 5.60 Å². The molecule has 3 rings (SSSR count). The van der Waals surface area contributed by atoms with Crippen molar-refractivity contribution >= 4 is 5.78 Å². The van der Waals surface area contributed by atoms with E-state index in [9.17, 15) is 9.90 Å². The van der Waals surface area contributed by atoms with Gasteiger partial charge in [0.2, 0.25) is 0 Å². The van der Waals surface area contributed by atoms with Crippen LogP contribution in [0, 0.1) is 5.92 Å². The molecule has 3 nitrogen and oxygen atoms in total. The van der Waals surface area contributed by atoms with Crippen molar-refractivity contribution in [1.82, 2.24) is 4.90 Å². The Hall–Kier alpha value is -1.19. The molecule has 0 unspecified atom stereocenters. The topological polar surface area (TPSA) is 40.5 Å². The lowest BCUT2D eigenvalue weighted by Crippen LogP contribution is -2.49. The summed E-state index contributed by atoms with van der Waals surface area (Å²) < 4.78 is 0. The maximum Gasteiger partial charge on any atom is 0.132 e. The molecule has 2 aliphatic rings. The third-order valence-corrected chi connectivity index (χ3v) is 5.27. The van der Waals surface area contributed by atoms with Crippen molar-refractivity contribution in [2.24, 2.45) is 5.92 Å². The van der Waals surface area contributed by atoms with Crippen LogP contribution in [0.1, 0.15) is 44.1 Å². The van der Waals surface area contributed by atoms with Crippen molar-refractivity contribution < 1.29 is 9.90 Å². The second kappa shape index (κ2) is 6.29. The average molecular weight is 287 g/mol. The van der Waals surface area contributed by atoms with Crippen molar-refractivity contribution in [2.75, 3.05) is 13.1 Å². The first kappa shape index (κ1) is 14.7. The van der Waals surface area contributed by atoms with E-state index in [1.807, 2.05) is 6.07 Å². The number of benzene rings is 1. The third-order valence-electron chi connectivity index (χ3n) is 5.27. The Bertz CT molecular complexity index is 467. The zero-order valence-electron chi connectivity index (χ0n) is 12.6. The van der Waals surface area contributed by atoms with E-state index >= 15 is 0 Å². The van der Waals surface area contributed by atoms with Gasteiger partial charge in [0, 0.05) is 32.5 Å². The van der Waals surface area contributed by atoms with Gasteiger partial charge in [-0.2, -0.15) is 0 Å². The summed E-state index contributed by atoms with van der Waals surface area (Å²) in [7, 11) is 0. The summed E-state index contributed by atoms with van der Waals surface area (Å²) in [6.45, 7) is 2.88. The molecular formula is C18H25NO2. The molecule has 1 aliphatic heterocycles. The van der Waals surface area contributed by atoms with Gasteiger partial charge in [-0.05, 0) is 37.2 Å². The lowest BCUT2D eigenvalue weighted by atomic mass is 9.72. The summed E-state index contributed by atoms with van der Waals surface area (Å²) in [4.78, 5) is 13.8. The lowest BCUT2D eigenvalue weighted by Gasteiger charge is -2.44. The van der Waals surface area contributed by atoms with Crippen molar-refractivity contribution in [3.05, 3.63) is 35.9 Å². The van der Waals surface area contributed by atoms with Crippen molar-refractivity contribution in [3.63, 3.8) is 0 Å².